The number of piperidine rings is 1. The molecule has 1 fully saturated rings. The molecule has 0 aromatic carbocycles. The van der Waals surface area contributed by atoms with Crippen LogP contribution in [0.4, 0.5) is 0 Å². The van der Waals surface area contributed by atoms with Gasteiger partial charge < -0.3 is 10.2 Å². The Hall–Kier alpha value is -0.930. The maximum Gasteiger partial charge on any atom is 0.0270 e. The van der Waals surface area contributed by atoms with E-state index in [1.54, 1.807) is 0 Å². The number of pyridine rings is 1. The second-order valence-electron chi connectivity index (χ2n) is 6.03. The van der Waals surface area contributed by atoms with E-state index < -0.39 is 0 Å². The molecule has 1 aromatic rings. The molecule has 1 unspecified atom stereocenters. The average molecular weight is 275 g/mol. The number of likely N-dealkylation sites (tertiary alicyclic amines) is 1. The Morgan fingerprint density at radius 3 is 2.65 bits per heavy atom. The van der Waals surface area contributed by atoms with E-state index in [0.29, 0.717) is 6.04 Å². The molecule has 1 aliphatic rings. The average Bonchev–Trinajstić information content (AvgIpc) is 2.49. The predicted octanol–water partition coefficient (Wildman–Crippen LogP) is 2.72. The van der Waals surface area contributed by atoms with Gasteiger partial charge in [0.2, 0.25) is 0 Å². The number of rotatable bonds is 7. The lowest BCUT2D eigenvalue weighted by Gasteiger charge is -2.35. The van der Waals surface area contributed by atoms with E-state index in [1.165, 1.54) is 44.5 Å². The summed E-state index contributed by atoms with van der Waals surface area (Å²) in [6, 6.07) is 4.85. The van der Waals surface area contributed by atoms with Crippen LogP contribution in [0.25, 0.3) is 0 Å². The fourth-order valence-corrected chi connectivity index (χ4v) is 3.15. The highest BCUT2D eigenvalue weighted by molar-refractivity contribution is 5.09. The van der Waals surface area contributed by atoms with Crippen molar-refractivity contribution in [1.29, 1.82) is 0 Å². The van der Waals surface area contributed by atoms with Gasteiger partial charge in [-0.05, 0) is 82.4 Å². The highest BCUT2D eigenvalue weighted by Crippen LogP contribution is 2.20. The predicted molar refractivity (Wildman–Crippen MR) is 84.9 cm³/mol. The van der Waals surface area contributed by atoms with E-state index in [0.717, 1.165) is 18.9 Å². The minimum Gasteiger partial charge on any atom is -0.314 e. The van der Waals surface area contributed by atoms with Crippen LogP contribution < -0.4 is 5.32 Å². The van der Waals surface area contributed by atoms with Crippen molar-refractivity contribution >= 4 is 0 Å². The van der Waals surface area contributed by atoms with Crippen molar-refractivity contribution in [2.45, 2.75) is 45.6 Å². The SMILES string of the molecule is CCCN1CCC(C(C)NCCc2ccncc2)CC1. The molecule has 1 N–H and O–H groups in total. The first kappa shape index (κ1) is 15.5. The van der Waals surface area contributed by atoms with Gasteiger partial charge in [-0.1, -0.05) is 6.92 Å². The van der Waals surface area contributed by atoms with E-state index in [9.17, 15) is 0 Å². The summed E-state index contributed by atoms with van der Waals surface area (Å²) < 4.78 is 0. The molecule has 1 atom stereocenters. The van der Waals surface area contributed by atoms with E-state index >= 15 is 0 Å². The molecule has 0 saturated carbocycles. The lowest BCUT2D eigenvalue weighted by Crippen LogP contribution is -2.42. The van der Waals surface area contributed by atoms with E-state index in [2.05, 4.69) is 41.2 Å². The summed E-state index contributed by atoms with van der Waals surface area (Å²) in [5.41, 5.74) is 1.37. The van der Waals surface area contributed by atoms with Gasteiger partial charge in [0.05, 0.1) is 0 Å². The summed E-state index contributed by atoms with van der Waals surface area (Å²) in [6.45, 7) is 9.54. The van der Waals surface area contributed by atoms with Gasteiger partial charge in [-0.2, -0.15) is 0 Å². The van der Waals surface area contributed by atoms with Crippen LogP contribution in [0.1, 0.15) is 38.7 Å². The molecule has 1 aromatic heterocycles. The molecule has 1 saturated heterocycles. The van der Waals surface area contributed by atoms with Crippen molar-refractivity contribution in [2.24, 2.45) is 5.92 Å². The number of hydrogen-bond acceptors (Lipinski definition) is 3. The number of hydrogen-bond donors (Lipinski definition) is 1. The first-order chi connectivity index (χ1) is 9.79. The zero-order valence-corrected chi connectivity index (χ0v) is 13.0. The minimum absolute atomic E-state index is 0.639. The minimum atomic E-state index is 0.639. The molecule has 0 spiro atoms. The Morgan fingerprint density at radius 1 is 1.30 bits per heavy atom. The van der Waals surface area contributed by atoms with E-state index in [4.69, 9.17) is 0 Å². The molecule has 0 bridgehead atoms. The van der Waals surface area contributed by atoms with Crippen molar-refractivity contribution in [3.05, 3.63) is 30.1 Å². The van der Waals surface area contributed by atoms with Crippen LogP contribution in [0, 0.1) is 5.92 Å². The Morgan fingerprint density at radius 2 is 2.00 bits per heavy atom. The van der Waals surface area contributed by atoms with Crippen molar-refractivity contribution in [2.75, 3.05) is 26.2 Å². The second kappa shape index (κ2) is 8.38. The van der Waals surface area contributed by atoms with Gasteiger partial charge in [0.25, 0.3) is 0 Å². The molecule has 3 heteroatoms. The fraction of sp³-hybridized carbons (Fsp3) is 0.706. The standard InChI is InChI=1S/C17H29N3/c1-3-12-20-13-7-17(8-14-20)15(2)19-11-6-16-4-9-18-10-5-16/h4-5,9-10,15,17,19H,3,6-8,11-14H2,1-2H3. The van der Waals surface area contributed by atoms with Gasteiger partial charge in [0.1, 0.15) is 0 Å². The molecule has 0 aliphatic carbocycles. The summed E-state index contributed by atoms with van der Waals surface area (Å²) in [5.74, 6) is 0.848. The maximum atomic E-state index is 4.06. The smallest absolute Gasteiger partial charge is 0.0270 e. The normalized spacial score (nSPS) is 19.1. The van der Waals surface area contributed by atoms with Gasteiger partial charge in [-0.3, -0.25) is 4.98 Å². The van der Waals surface area contributed by atoms with E-state index in [-0.39, 0.29) is 0 Å². The van der Waals surface area contributed by atoms with Crippen LogP contribution in [-0.2, 0) is 6.42 Å². The number of nitrogens with one attached hydrogen (secondary N) is 1. The second-order valence-corrected chi connectivity index (χ2v) is 6.03. The summed E-state index contributed by atoms with van der Waals surface area (Å²) in [6.07, 6.45) is 8.84. The van der Waals surface area contributed by atoms with Crippen LogP contribution in [0.5, 0.6) is 0 Å². The maximum absolute atomic E-state index is 4.06. The third kappa shape index (κ3) is 4.88. The summed E-state index contributed by atoms with van der Waals surface area (Å²) in [7, 11) is 0. The first-order valence-corrected chi connectivity index (χ1v) is 8.14. The lowest BCUT2D eigenvalue weighted by molar-refractivity contribution is 0.163. The molecule has 0 amide bonds. The van der Waals surface area contributed by atoms with Crippen LogP contribution in [0.2, 0.25) is 0 Å². The van der Waals surface area contributed by atoms with Crippen LogP contribution >= 0.6 is 0 Å². The zero-order valence-electron chi connectivity index (χ0n) is 13.0. The van der Waals surface area contributed by atoms with Gasteiger partial charge in [0.15, 0.2) is 0 Å². The molecule has 1 aliphatic heterocycles. The van der Waals surface area contributed by atoms with Gasteiger partial charge in [0, 0.05) is 18.4 Å². The van der Waals surface area contributed by atoms with Gasteiger partial charge in [-0.15, -0.1) is 0 Å². The quantitative estimate of drug-likeness (QED) is 0.829. The summed E-state index contributed by atoms with van der Waals surface area (Å²) in [5, 5.41) is 3.71. The largest absolute Gasteiger partial charge is 0.314 e. The van der Waals surface area contributed by atoms with Gasteiger partial charge in [-0.25, -0.2) is 0 Å². The number of nitrogens with zero attached hydrogens (tertiary/aromatic N) is 2. The Kier molecular flexibility index (Phi) is 6.48. The molecule has 20 heavy (non-hydrogen) atoms. The monoisotopic (exact) mass is 275 g/mol. The van der Waals surface area contributed by atoms with E-state index in [1.807, 2.05) is 12.4 Å². The molecule has 2 rings (SSSR count). The molecule has 2 heterocycles. The van der Waals surface area contributed by atoms with Crippen molar-refractivity contribution < 1.29 is 0 Å². The molecule has 0 radical (unpaired) electrons. The first-order valence-electron chi connectivity index (χ1n) is 8.14. The zero-order chi connectivity index (χ0) is 14.2. The highest BCUT2D eigenvalue weighted by Gasteiger charge is 2.22. The molecule has 112 valence electrons. The lowest BCUT2D eigenvalue weighted by atomic mass is 9.90. The topological polar surface area (TPSA) is 28.2 Å². The Labute approximate surface area is 123 Å². The van der Waals surface area contributed by atoms with Crippen LogP contribution in [0.15, 0.2) is 24.5 Å². The highest BCUT2D eigenvalue weighted by atomic mass is 15.1. The Balaban J connectivity index is 1.64. The molecule has 3 nitrogen and oxygen atoms in total. The fourth-order valence-electron chi connectivity index (χ4n) is 3.15. The number of aromatic nitrogens is 1. The van der Waals surface area contributed by atoms with Crippen molar-refractivity contribution in [3.8, 4) is 0 Å². The van der Waals surface area contributed by atoms with Crippen LogP contribution in [-0.4, -0.2) is 42.1 Å². The third-order valence-electron chi connectivity index (χ3n) is 4.51. The van der Waals surface area contributed by atoms with Crippen LogP contribution in [0.3, 0.4) is 0 Å². The summed E-state index contributed by atoms with van der Waals surface area (Å²) >= 11 is 0. The van der Waals surface area contributed by atoms with Crippen molar-refractivity contribution in [1.82, 2.24) is 15.2 Å². The third-order valence-corrected chi connectivity index (χ3v) is 4.51. The molecular weight excluding hydrogens is 246 g/mol. The molecular formula is C17H29N3. The van der Waals surface area contributed by atoms with Gasteiger partial charge >= 0.3 is 0 Å². The van der Waals surface area contributed by atoms with Crippen molar-refractivity contribution in [3.63, 3.8) is 0 Å². The Bertz CT molecular complexity index is 358. The summed E-state index contributed by atoms with van der Waals surface area (Å²) in [4.78, 5) is 6.67.